The molecule has 0 saturated carbocycles. The highest BCUT2D eigenvalue weighted by Crippen LogP contribution is 2.27. The third-order valence-corrected chi connectivity index (χ3v) is 8.26. The average molecular weight is 517 g/mol. The SMILES string of the molecule is CN(C)c1ccc(C(CNS(=O)(=O)c2ccccc2Cl)N2CCN(c3ccc(F)cc3)CC2)cc1. The molecule has 35 heavy (non-hydrogen) atoms. The first-order valence-electron chi connectivity index (χ1n) is 11.5. The zero-order chi connectivity index (χ0) is 25.0. The first-order valence-corrected chi connectivity index (χ1v) is 13.4. The lowest BCUT2D eigenvalue weighted by atomic mass is 10.0. The van der Waals surface area contributed by atoms with E-state index in [1.807, 2.05) is 31.1 Å². The van der Waals surface area contributed by atoms with E-state index < -0.39 is 10.0 Å². The first kappa shape index (κ1) is 25.4. The number of rotatable bonds is 8. The zero-order valence-electron chi connectivity index (χ0n) is 19.9. The maximum atomic E-state index is 13.3. The minimum Gasteiger partial charge on any atom is -0.378 e. The summed E-state index contributed by atoms with van der Waals surface area (Å²) >= 11 is 6.16. The molecule has 1 aliphatic rings. The van der Waals surface area contributed by atoms with Gasteiger partial charge in [0, 0.05) is 64.2 Å². The lowest BCUT2D eigenvalue weighted by Crippen LogP contribution is -2.50. The Morgan fingerprint density at radius 1 is 0.943 bits per heavy atom. The minimum atomic E-state index is -3.77. The minimum absolute atomic E-state index is 0.0736. The molecule has 1 unspecified atom stereocenters. The van der Waals surface area contributed by atoms with Crippen LogP contribution >= 0.6 is 11.6 Å². The second-order valence-corrected chi connectivity index (χ2v) is 10.9. The van der Waals surface area contributed by atoms with Gasteiger partial charge in [-0.1, -0.05) is 35.9 Å². The summed E-state index contributed by atoms with van der Waals surface area (Å²) in [7, 11) is 0.195. The maximum Gasteiger partial charge on any atom is 0.242 e. The third kappa shape index (κ3) is 6.13. The highest BCUT2D eigenvalue weighted by Gasteiger charge is 2.27. The van der Waals surface area contributed by atoms with Gasteiger partial charge in [0.2, 0.25) is 10.0 Å². The van der Waals surface area contributed by atoms with Gasteiger partial charge in [-0.2, -0.15) is 0 Å². The second kappa shape index (κ2) is 11.0. The number of nitrogens with zero attached hydrogens (tertiary/aromatic N) is 3. The van der Waals surface area contributed by atoms with Crippen LogP contribution < -0.4 is 14.5 Å². The molecule has 0 amide bonds. The number of halogens is 2. The van der Waals surface area contributed by atoms with Gasteiger partial charge in [-0.15, -0.1) is 0 Å². The monoisotopic (exact) mass is 516 g/mol. The number of hydrogen-bond acceptors (Lipinski definition) is 5. The number of hydrogen-bond donors (Lipinski definition) is 1. The van der Waals surface area contributed by atoms with Crippen LogP contribution in [0.3, 0.4) is 0 Å². The first-order chi connectivity index (χ1) is 16.7. The van der Waals surface area contributed by atoms with Crippen molar-refractivity contribution in [3.05, 3.63) is 89.2 Å². The van der Waals surface area contributed by atoms with E-state index in [-0.39, 0.29) is 28.3 Å². The molecule has 1 aliphatic heterocycles. The van der Waals surface area contributed by atoms with E-state index in [0.29, 0.717) is 0 Å². The average Bonchev–Trinajstić information content (AvgIpc) is 2.85. The number of nitrogens with one attached hydrogen (secondary N) is 1. The molecule has 1 fully saturated rings. The number of benzene rings is 3. The molecule has 0 spiro atoms. The van der Waals surface area contributed by atoms with Crippen LogP contribution in [0, 0.1) is 5.82 Å². The third-order valence-electron chi connectivity index (χ3n) is 6.33. The normalized spacial score (nSPS) is 15.7. The summed E-state index contributed by atoms with van der Waals surface area (Å²) in [5.74, 6) is -0.251. The predicted molar refractivity (Wildman–Crippen MR) is 140 cm³/mol. The van der Waals surface area contributed by atoms with Crippen LogP contribution in [0.2, 0.25) is 5.02 Å². The summed E-state index contributed by atoms with van der Waals surface area (Å²) in [5.41, 5.74) is 3.09. The van der Waals surface area contributed by atoms with Crippen LogP contribution in [0.25, 0.3) is 0 Å². The smallest absolute Gasteiger partial charge is 0.242 e. The van der Waals surface area contributed by atoms with Crippen LogP contribution in [0.15, 0.2) is 77.7 Å². The summed E-state index contributed by atoms with van der Waals surface area (Å²) in [6, 6.07) is 21.0. The molecule has 0 aliphatic carbocycles. The highest BCUT2D eigenvalue weighted by atomic mass is 35.5. The predicted octanol–water partition coefficient (Wildman–Crippen LogP) is 4.39. The summed E-state index contributed by atoms with van der Waals surface area (Å²) < 4.78 is 42.1. The fraction of sp³-hybridized carbons (Fsp3) is 0.308. The molecule has 186 valence electrons. The van der Waals surface area contributed by atoms with Crippen molar-refractivity contribution >= 4 is 33.0 Å². The van der Waals surface area contributed by atoms with Crippen molar-refractivity contribution in [2.45, 2.75) is 10.9 Å². The second-order valence-electron chi connectivity index (χ2n) is 8.78. The van der Waals surface area contributed by atoms with Gasteiger partial charge < -0.3 is 9.80 Å². The number of piperazine rings is 1. The molecule has 1 atom stereocenters. The molecule has 1 heterocycles. The molecule has 6 nitrogen and oxygen atoms in total. The quantitative estimate of drug-likeness (QED) is 0.481. The number of anilines is 2. The molecule has 0 bridgehead atoms. The molecule has 3 aromatic carbocycles. The Labute approximate surface area is 212 Å². The Morgan fingerprint density at radius 2 is 1.57 bits per heavy atom. The molecule has 4 rings (SSSR count). The Morgan fingerprint density at radius 3 is 2.17 bits per heavy atom. The van der Waals surface area contributed by atoms with Crippen molar-refractivity contribution < 1.29 is 12.8 Å². The molecule has 0 radical (unpaired) electrons. The largest absolute Gasteiger partial charge is 0.378 e. The summed E-state index contributed by atoms with van der Waals surface area (Å²) in [6.45, 7) is 3.21. The fourth-order valence-corrected chi connectivity index (χ4v) is 5.88. The van der Waals surface area contributed by atoms with Crippen LogP contribution in [-0.4, -0.2) is 60.1 Å². The van der Waals surface area contributed by atoms with E-state index in [0.717, 1.165) is 43.1 Å². The lowest BCUT2D eigenvalue weighted by molar-refractivity contribution is 0.187. The van der Waals surface area contributed by atoms with Gasteiger partial charge in [0.05, 0.1) is 5.02 Å². The van der Waals surface area contributed by atoms with Crippen LogP contribution in [0.1, 0.15) is 11.6 Å². The Bertz CT molecular complexity index is 1230. The topological polar surface area (TPSA) is 55.9 Å². The van der Waals surface area contributed by atoms with E-state index in [4.69, 9.17) is 11.6 Å². The van der Waals surface area contributed by atoms with Gasteiger partial charge in [0.1, 0.15) is 10.7 Å². The fourth-order valence-electron chi connectivity index (χ4n) is 4.33. The van der Waals surface area contributed by atoms with Crippen LogP contribution in [0.4, 0.5) is 15.8 Å². The van der Waals surface area contributed by atoms with E-state index in [1.165, 1.54) is 18.2 Å². The molecule has 1 N–H and O–H groups in total. The molecule has 0 aromatic heterocycles. The van der Waals surface area contributed by atoms with E-state index in [1.54, 1.807) is 30.3 Å². The Hall–Kier alpha value is -2.65. The van der Waals surface area contributed by atoms with Gasteiger partial charge in [-0.3, -0.25) is 4.90 Å². The Balaban J connectivity index is 1.53. The molecule has 3 aromatic rings. The molecule has 1 saturated heterocycles. The molecule has 9 heteroatoms. The summed E-state index contributed by atoms with van der Waals surface area (Å²) in [6.07, 6.45) is 0. The van der Waals surface area contributed by atoms with Gasteiger partial charge in [-0.25, -0.2) is 17.5 Å². The van der Waals surface area contributed by atoms with Crippen molar-refractivity contribution in [1.82, 2.24) is 9.62 Å². The Kier molecular flexibility index (Phi) is 7.96. The maximum absolute atomic E-state index is 13.3. The van der Waals surface area contributed by atoms with Crippen molar-refractivity contribution in [2.24, 2.45) is 0 Å². The molecular formula is C26H30ClFN4O2S. The summed E-state index contributed by atoms with van der Waals surface area (Å²) in [5, 5.41) is 0.194. The van der Waals surface area contributed by atoms with Gasteiger partial charge in [0.25, 0.3) is 0 Å². The molecular weight excluding hydrogens is 487 g/mol. The van der Waals surface area contributed by atoms with Crippen molar-refractivity contribution in [3.63, 3.8) is 0 Å². The van der Waals surface area contributed by atoms with Crippen LogP contribution in [-0.2, 0) is 10.0 Å². The highest BCUT2D eigenvalue weighted by molar-refractivity contribution is 7.89. The van der Waals surface area contributed by atoms with Gasteiger partial charge in [-0.05, 0) is 54.1 Å². The summed E-state index contributed by atoms with van der Waals surface area (Å²) in [4.78, 5) is 6.61. The van der Waals surface area contributed by atoms with Crippen molar-refractivity contribution in [1.29, 1.82) is 0 Å². The van der Waals surface area contributed by atoms with Crippen LogP contribution in [0.5, 0.6) is 0 Å². The van der Waals surface area contributed by atoms with E-state index in [2.05, 4.69) is 26.7 Å². The van der Waals surface area contributed by atoms with E-state index >= 15 is 0 Å². The van der Waals surface area contributed by atoms with Crippen molar-refractivity contribution in [3.8, 4) is 0 Å². The van der Waals surface area contributed by atoms with Gasteiger partial charge >= 0.3 is 0 Å². The number of sulfonamides is 1. The standard InChI is InChI=1S/C26H30ClFN4O2S/c1-30(2)22-11-7-20(8-12-22)25(19-29-35(33,34)26-6-4-3-5-24(26)27)32-17-15-31(16-18-32)23-13-9-21(28)10-14-23/h3-14,25,29H,15-19H2,1-2H3. The lowest BCUT2D eigenvalue weighted by Gasteiger charge is -2.40. The van der Waals surface area contributed by atoms with Gasteiger partial charge in [0.15, 0.2) is 0 Å². The zero-order valence-corrected chi connectivity index (χ0v) is 21.4. The van der Waals surface area contributed by atoms with E-state index in [9.17, 15) is 12.8 Å². The van der Waals surface area contributed by atoms with Crippen molar-refractivity contribution in [2.75, 3.05) is 56.6 Å².